The van der Waals surface area contributed by atoms with E-state index in [1.165, 1.54) is 54.3 Å². The van der Waals surface area contributed by atoms with Gasteiger partial charge in [0.05, 0.1) is 23.6 Å². The zero-order valence-electron chi connectivity index (χ0n) is 17.1. The maximum absolute atomic E-state index is 13.5. The van der Waals surface area contributed by atoms with E-state index in [0.29, 0.717) is 11.1 Å². The molecule has 2 aromatic carbocycles. The van der Waals surface area contributed by atoms with E-state index in [1.54, 1.807) is 18.2 Å². The van der Waals surface area contributed by atoms with Crippen LogP contribution in [0.2, 0.25) is 0 Å². The van der Waals surface area contributed by atoms with E-state index in [-0.39, 0.29) is 24.0 Å². The standard InChI is InChI=1S/C22H20FN5O4/c1-26-19-6-5-16(20(29)24-11-15-7-8-28(32)25-12-15)10-18(19)21(30)27(22(26)31)13-14-3-2-4-17(23)9-14/h2-10,12,25,32H,11,13H2,1H3,(H,24,29). The van der Waals surface area contributed by atoms with Crippen molar-refractivity contribution in [3.05, 3.63) is 104 Å². The lowest BCUT2D eigenvalue weighted by atomic mass is 10.1. The number of aromatic nitrogens is 2. The molecule has 0 fully saturated rings. The fraction of sp³-hybridized carbons (Fsp3) is 0.136. The predicted molar refractivity (Wildman–Crippen MR) is 115 cm³/mol. The second-order valence-electron chi connectivity index (χ2n) is 7.29. The van der Waals surface area contributed by atoms with Gasteiger partial charge in [-0.05, 0) is 47.5 Å². The van der Waals surface area contributed by atoms with Crippen LogP contribution in [0.15, 0.2) is 76.1 Å². The first kappa shape index (κ1) is 21.1. The Labute approximate surface area is 181 Å². The van der Waals surface area contributed by atoms with E-state index >= 15 is 0 Å². The molecule has 0 radical (unpaired) electrons. The van der Waals surface area contributed by atoms with Gasteiger partial charge in [-0.15, -0.1) is 0 Å². The minimum atomic E-state index is -0.563. The van der Waals surface area contributed by atoms with Gasteiger partial charge in [0.15, 0.2) is 0 Å². The second kappa shape index (κ2) is 8.52. The van der Waals surface area contributed by atoms with Crippen LogP contribution in [-0.2, 0) is 13.6 Å². The number of amides is 1. The van der Waals surface area contributed by atoms with E-state index < -0.39 is 23.0 Å². The summed E-state index contributed by atoms with van der Waals surface area (Å²) in [5, 5.41) is 12.9. The molecule has 32 heavy (non-hydrogen) atoms. The van der Waals surface area contributed by atoms with E-state index in [9.17, 15) is 24.0 Å². The maximum Gasteiger partial charge on any atom is 0.331 e. The fourth-order valence-electron chi connectivity index (χ4n) is 3.42. The highest BCUT2D eigenvalue weighted by Gasteiger charge is 2.15. The third-order valence-electron chi connectivity index (χ3n) is 5.11. The Kier molecular flexibility index (Phi) is 5.61. The number of nitrogens with zero attached hydrogens (tertiary/aromatic N) is 3. The molecule has 3 N–H and O–H groups in total. The molecule has 9 nitrogen and oxygen atoms in total. The zero-order valence-corrected chi connectivity index (χ0v) is 17.1. The predicted octanol–water partition coefficient (Wildman–Crippen LogP) is 1.22. The van der Waals surface area contributed by atoms with Crippen LogP contribution in [0, 0.1) is 5.82 Å². The fourth-order valence-corrected chi connectivity index (χ4v) is 3.42. The van der Waals surface area contributed by atoms with E-state index in [0.717, 1.165) is 15.3 Å². The Hall–Kier alpha value is -4.18. The molecule has 1 aliphatic heterocycles. The number of hydrogen-bond donors (Lipinski definition) is 3. The molecule has 3 aromatic rings. The largest absolute Gasteiger partial charge is 0.348 e. The van der Waals surface area contributed by atoms with Crippen LogP contribution >= 0.6 is 0 Å². The van der Waals surface area contributed by atoms with Crippen molar-refractivity contribution in [1.29, 1.82) is 0 Å². The minimum Gasteiger partial charge on any atom is -0.348 e. The molecule has 0 unspecified atom stereocenters. The number of aryl methyl sites for hydroxylation is 1. The molecule has 0 atom stereocenters. The van der Waals surface area contributed by atoms with Crippen molar-refractivity contribution in [3.8, 4) is 0 Å². The average Bonchev–Trinajstić information content (AvgIpc) is 2.79. The third-order valence-corrected chi connectivity index (χ3v) is 5.11. The summed E-state index contributed by atoms with van der Waals surface area (Å²) in [5.74, 6) is -0.866. The Morgan fingerprint density at radius 3 is 2.72 bits per heavy atom. The van der Waals surface area contributed by atoms with Gasteiger partial charge in [0.1, 0.15) is 5.82 Å². The van der Waals surface area contributed by atoms with Crippen LogP contribution in [0.5, 0.6) is 0 Å². The van der Waals surface area contributed by atoms with Gasteiger partial charge in [-0.1, -0.05) is 12.1 Å². The molecule has 1 aromatic heterocycles. The van der Waals surface area contributed by atoms with Gasteiger partial charge < -0.3 is 5.32 Å². The number of fused-ring (bicyclic) bond motifs is 1. The number of rotatable bonds is 5. The Morgan fingerprint density at radius 2 is 2.00 bits per heavy atom. The van der Waals surface area contributed by atoms with Crippen molar-refractivity contribution in [2.75, 3.05) is 6.54 Å². The molecule has 0 spiro atoms. The number of nitrogens with one attached hydrogen (secondary N) is 2. The number of hydroxylamine groups is 1. The summed E-state index contributed by atoms with van der Waals surface area (Å²) < 4.78 is 15.9. The summed E-state index contributed by atoms with van der Waals surface area (Å²) in [5.41, 5.74) is 3.30. The quantitative estimate of drug-likeness (QED) is 0.554. The smallest absolute Gasteiger partial charge is 0.331 e. The summed E-state index contributed by atoms with van der Waals surface area (Å²) in [6.45, 7) is 0.107. The van der Waals surface area contributed by atoms with Crippen molar-refractivity contribution in [2.24, 2.45) is 7.05 Å². The number of carbonyl (C=O) groups excluding carboxylic acids is 1. The monoisotopic (exact) mass is 437 g/mol. The molecule has 4 rings (SSSR count). The average molecular weight is 437 g/mol. The lowest BCUT2D eigenvalue weighted by Gasteiger charge is -2.17. The number of benzene rings is 2. The van der Waals surface area contributed by atoms with Crippen LogP contribution in [-0.4, -0.2) is 32.0 Å². The zero-order chi connectivity index (χ0) is 22.8. The molecule has 10 heteroatoms. The van der Waals surface area contributed by atoms with Gasteiger partial charge in [0.2, 0.25) is 0 Å². The molecule has 2 heterocycles. The number of carbonyl (C=O) groups is 1. The van der Waals surface area contributed by atoms with E-state index in [1.807, 2.05) is 0 Å². The molecule has 1 aliphatic rings. The van der Waals surface area contributed by atoms with Crippen molar-refractivity contribution >= 4 is 16.8 Å². The van der Waals surface area contributed by atoms with Crippen molar-refractivity contribution in [2.45, 2.75) is 6.54 Å². The highest BCUT2D eigenvalue weighted by atomic mass is 19.1. The van der Waals surface area contributed by atoms with E-state index in [4.69, 9.17) is 0 Å². The molecule has 1 amide bonds. The molecular weight excluding hydrogens is 417 g/mol. The molecule has 0 saturated carbocycles. The Balaban J connectivity index is 1.65. The van der Waals surface area contributed by atoms with Crippen LogP contribution in [0.4, 0.5) is 4.39 Å². The molecule has 0 aliphatic carbocycles. The van der Waals surface area contributed by atoms with Crippen LogP contribution in [0.25, 0.3) is 10.9 Å². The van der Waals surface area contributed by atoms with Crippen molar-refractivity contribution in [1.82, 2.24) is 25.0 Å². The Morgan fingerprint density at radius 1 is 1.19 bits per heavy atom. The van der Waals surface area contributed by atoms with Crippen LogP contribution in [0.1, 0.15) is 15.9 Å². The molecular formula is C22H20FN5O4. The first-order chi connectivity index (χ1) is 15.3. The SMILES string of the molecule is Cn1c(=O)n(Cc2cccc(F)c2)c(=O)c2cc(C(=O)NCC3=CNN(O)C=C3)ccc21. The third kappa shape index (κ3) is 4.16. The number of hydrazine groups is 1. The molecule has 0 saturated heterocycles. The summed E-state index contributed by atoms with van der Waals surface area (Å²) in [4.78, 5) is 38.4. The minimum absolute atomic E-state index is 0.0923. The summed E-state index contributed by atoms with van der Waals surface area (Å²) in [6.07, 6.45) is 4.54. The maximum atomic E-state index is 13.5. The van der Waals surface area contributed by atoms with Gasteiger partial charge in [-0.3, -0.25) is 29.4 Å². The highest BCUT2D eigenvalue weighted by Crippen LogP contribution is 2.12. The van der Waals surface area contributed by atoms with E-state index in [2.05, 4.69) is 10.7 Å². The lowest BCUT2D eigenvalue weighted by Crippen LogP contribution is -2.39. The molecule has 164 valence electrons. The number of halogens is 1. The van der Waals surface area contributed by atoms with Gasteiger partial charge >= 0.3 is 5.69 Å². The van der Waals surface area contributed by atoms with Gasteiger partial charge in [-0.2, -0.15) is 5.17 Å². The van der Waals surface area contributed by atoms with Crippen molar-refractivity contribution < 1.29 is 14.4 Å². The van der Waals surface area contributed by atoms with Gasteiger partial charge in [0.25, 0.3) is 11.5 Å². The summed E-state index contributed by atoms with van der Waals surface area (Å²) in [6, 6.07) is 10.2. The number of hydrogen-bond acceptors (Lipinski definition) is 6. The van der Waals surface area contributed by atoms with Crippen molar-refractivity contribution in [3.63, 3.8) is 0 Å². The van der Waals surface area contributed by atoms with Crippen LogP contribution < -0.4 is 22.0 Å². The van der Waals surface area contributed by atoms with Crippen LogP contribution in [0.3, 0.4) is 0 Å². The first-order valence-electron chi connectivity index (χ1n) is 9.71. The molecule has 0 bridgehead atoms. The first-order valence-corrected chi connectivity index (χ1v) is 9.71. The summed E-state index contributed by atoms with van der Waals surface area (Å²) >= 11 is 0. The van der Waals surface area contributed by atoms with Gasteiger partial charge in [-0.25, -0.2) is 9.18 Å². The summed E-state index contributed by atoms with van der Waals surface area (Å²) in [7, 11) is 1.53. The topological polar surface area (TPSA) is 109 Å². The lowest BCUT2D eigenvalue weighted by molar-refractivity contribution is -0.0763. The normalized spacial score (nSPS) is 13.1. The van der Waals surface area contributed by atoms with Gasteiger partial charge in [0, 0.05) is 25.4 Å². The second-order valence-corrected chi connectivity index (χ2v) is 7.29. The Bertz CT molecular complexity index is 1390. The highest BCUT2D eigenvalue weighted by molar-refractivity contribution is 5.98.